The number of nitrogens with one attached hydrogen (secondary N) is 1. The molecule has 114 valence electrons. The SMILES string of the molecule is CCCNC(=O)C1COCCN1S(=O)(=O)C(C#N)CC. The molecular formula is C12H21N3O4S. The number of nitrogens with zero attached hydrogens (tertiary/aromatic N) is 2. The normalized spacial score (nSPS) is 21.9. The molecule has 0 aliphatic carbocycles. The smallest absolute Gasteiger partial charge is 0.240 e. The zero-order valence-electron chi connectivity index (χ0n) is 11.8. The van der Waals surface area contributed by atoms with Gasteiger partial charge in [0.2, 0.25) is 15.9 Å². The van der Waals surface area contributed by atoms with Crippen molar-refractivity contribution in [3.05, 3.63) is 0 Å². The summed E-state index contributed by atoms with van der Waals surface area (Å²) in [6.45, 7) is 4.39. The first-order valence-electron chi connectivity index (χ1n) is 6.74. The Hall–Kier alpha value is -1.17. The predicted octanol–water partition coefficient (Wildman–Crippen LogP) is -0.155. The maximum absolute atomic E-state index is 12.4. The van der Waals surface area contributed by atoms with Crippen molar-refractivity contribution in [3.8, 4) is 6.07 Å². The molecule has 0 saturated carbocycles. The number of carbonyl (C=O) groups excluding carboxylic acids is 1. The van der Waals surface area contributed by atoms with Gasteiger partial charge in [-0.05, 0) is 12.8 Å². The number of rotatable bonds is 6. The molecule has 0 bridgehead atoms. The molecular weight excluding hydrogens is 282 g/mol. The molecule has 1 fully saturated rings. The largest absolute Gasteiger partial charge is 0.378 e. The van der Waals surface area contributed by atoms with Gasteiger partial charge in [0, 0.05) is 13.1 Å². The first-order chi connectivity index (χ1) is 9.48. The zero-order chi connectivity index (χ0) is 15.2. The average Bonchev–Trinajstić information content (AvgIpc) is 2.45. The minimum absolute atomic E-state index is 0.0244. The van der Waals surface area contributed by atoms with Gasteiger partial charge in [-0.3, -0.25) is 4.79 Å². The van der Waals surface area contributed by atoms with E-state index in [9.17, 15) is 13.2 Å². The van der Waals surface area contributed by atoms with Crippen molar-refractivity contribution in [1.29, 1.82) is 5.26 Å². The molecule has 8 heteroatoms. The van der Waals surface area contributed by atoms with Crippen molar-refractivity contribution >= 4 is 15.9 Å². The number of morpholine rings is 1. The van der Waals surface area contributed by atoms with Crippen LogP contribution >= 0.6 is 0 Å². The Bertz CT molecular complexity index is 472. The Labute approximate surface area is 119 Å². The van der Waals surface area contributed by atoms with Crippen LogP contribution in [0.15, 0.2) is 0 Å². The number of ether oxygens (including phenoxy) is 1. The predicted molar refractivity (Wildman–Crippen MR) is 73.2 cm³/mol. The van der Waals surface area contributed by atoms with Crippen molar-refractivity contribution < 1.29 is 17.9 Å². The number of hydrogen-bond acceptors (Lipinski definition) is 5. The first-order valence-corrected chi connectivity index (χ1v) is 8.25. The molecule has 0 radical (unpaired) electrons. The molecule has 1 aliphatic rings. The van der Waals surface area contributed by atoms with Crippen LogP contribution in [0, 0.1) is 11.3 Å². The minimum Gasteiger partial charge on any atom is -0.378 e. The second-order valence-electron chi connectivity index (χ2n) is 4.56. The standard InChI is InChI=1S/C12H21N3O4S/c1-3-5-14-12(16)11-9-19-7-6-15(11)20(17,18)10(4-2)8-13/h10-11H,3-7,9H2,1-2H3,(H,14,16). The second-order valence-corrected chi connectivity index (χ2v) is 6.63. The fourth-order valence-corrected chi connectivity index (χ4v) is 3.72. The van der Waals surface area contributed by atoms with E-state index < -0.39 is 21.3 Å². The van der Waals surface area contributed by atoms with E-state index in [0.29, 0.717) is 6.54 Å². The van der Waals surface area contributed by atoms with Gasteiger partial charge in [0.1, 0.15) is 6.04 Å². The maximum atomic E-state index is 12.4. The molecule has 1 heterocycles. The summed E-state index contributed by atoms with van der Waals surface area (Å²) in [5.74, 6) is -0.372. The molecule has 0 aromatic carbocycles. The van der Waals surface area contributed by atoms with Crippen molar-refractivity contribution in [2.75, 3.05) is 26.3 Å². The maximum Gasteiger partial charge on any atom is 0.240 e. The van der Waals surface area contributed by atoms with Crippen LogP contribution in [0.25, 0.3) is 0 Å². The molecule has 1 saturated heterocycles. The summed E-state index contributed by atoms with van der Waals surface area (Å²) in [6, 6.07) is 0.903. The van der Waals surface area contributed by atoms with Crippen molar-refractivity contribution in [3.63, 3.8) is 0 Å². The van der Waals surface area contributed by atoms with Crippen molar-refractivity contribution in [2.24, 2.45) is 0 Å². The van der Waals surface area contributed by atoms with Crippen LogP contribution in [0.1, 0.15) is 26.7 Å². The van der Waals surface area contributed by atoms with Crippen molar-refractivity contribution in [1.82, 2.24) is 9.62 Å². The van der Waals surface area contributed by atoms with E-state index in [2.05, 4.69) is 5.32 Å². The highest BCUT2D eigenvalue weighted by Crippen LogP contribution is 2.18. The molecule has 7 nitrogen and oxygen atoms in total. The van der Waals surface area contributed by atoms with E-state index in [4.69, 9.17) is 10.00 Å². The molecule has 0 spiro atoms. The highest BCUT2D eigenvalue weighted by atomic mass is 32.2. The Morgan fingerprint density at radius 3 is 2.80 bits per heavy atom. The number of sulfonamides is 1. The molecule has 1 amide bonds. The molecule has 0 aromatic heterocycles. The minimum atomic E-state index is -3.81. The lowest BCUT2D eigenvalue weighted by atomic mass is 10.2. The van der Waals surface area contributed by atoms with Crippen LogP contribution in [-0.2, 0) is 19.6 Å². The first kappa shape index (κ1) is 16.9. The van der Waals surface area contributed by atoms with Crippen LogP contribution in [0.5, 0.6) is 0 Å². The van der Waals surface area contributed by atoms with E-state index in [1.54, 1.807) is 13.0 Å². The lowest BCUT2D eigenvalue weighted by molar-refractivity contribution is -0.129. The van der Waals surface area contributed by atoms with E-state index in [0.717, 1.165) is 10.7 Å². The molecule has 1 aliphatic heterocycles. The number of nitriles is 1. The summed E-state index contributed by atoms with van der Waals surface area (Å²) >= 11 is 0. The monoisotopic (exact) mass is 303 g/mol. The summed E-state index contributed by atoms with van der Waals surface area (Å²) in [5.41, 5.74) is 0. The molecule has 2 atom stereocenters. The highest BCUT2D eigenvalue weighted by Gasteiger charge is 2.40. The third kappa shape index (κ3) is 3.69. The fourth-order valence-electron chi connectivity index (χ4n) is 2.00. The fraction of sp³-hybridized carbons (Fsp3) is 0.833. The lowest BCUT2D eigenvalue weighted by Gasteiger charge is -2.34. The van der Waals surface area contributed by atoms with Gasteiger partial charge < -0.3 is 10.1 Å². The molecule has 20 heavy (non-hydrogen) atoms. The molecule has 2 unspecified atom stereocenters. The lowest BCUT2D eigenvalue weighted by Crippen LogP contribution is -2.57. The Morgan fingerprint density at radius 2 is 2.25 bits per heavy atom. The topological polar surface area (TPSA) is 99.5 Å². The summed E-state index contributed by atoms with van der Waals surface area (Å²) in [4.78, 5) is 12.0. The second kappa shape index (κ2) is 7.57. The van der Waals surface area contributed by atoms with Crippen LogP contribution < -0.4 is 5.32 Å². The molecule has 0 aromatic rings. The Balaban J connectivity index is 2.94. The number of hydrogen-bond donors (Lipinski definition) is 1. The van der Waals surface area contributed by atoms with Crippen LogP contribution in [0.4, 0.5) is 0 Å². The summed E-state index contributed by atoms with van der Waals surface area (Å²) in [5, 5.41) is 10.5. The van der Waals surface area contributed by atoms with Crippen LogP contribution in [-0.4, -0.2) is 56.2 Å². The summed E-state index contributed by atoms with van der Waals surface area (Å²) in [7, 11) is -3.81. The van der Waals surface area contributed by atoms with Crippen molar-refractivity contribution in [2.45, 2.75) is 38.0 Å². The van der Waals surface area contributed by atoms with Crippen LogP contribution in [0.3, 0.4) is 0 Å². The van der Waals surface area contributed by atoms with Gasteiger partial charge in [-0.15, -0.1) is 0 Å². The average molecular weight is 303 g/mol. The van der Waals surface area contributed by atoms with E-state index >= 15 is 0 Å². The van der Waals surface area contributed by atoms with Crippen LogP contribution in [0.2, 0.25) is 0 Å². The van der Waals surface area contributed by atoms with Gasteiger partial charge in [0.05, 0.1) is 19.3 Å². The highest BCUT2D eigenvalue weighted by molar-refractivity contribution is 7.90. The van der Waals surface area contributed by atoms with Gasteiger partial charge in [-0.2, -0.15) is 9.57 Å². The zero-order valence-corrected chi connectivity index (χ0v) is 12.6. The van der Waals surface area contributed by atoms with E-state index in [1.165, 1.54) is 0 Å². The van der Waals surface area contributed by atoms with Gasteiger partial charge in [-0.25, -0.2) is 8.42 Å². The van der Waals surface area contributed by atoms with Gasteiger partial charge in [0.25, 0.3) is 0 Å². The Morgan fingerprint density at radius 1 is 1.55 bits per heavy atom. The number of carbonyl (C=O) groups is 1. The molecule has 1 rings (SSSR count). The summed E-state index contributed by atoms with van der Waals surface area (Å²) in [6.07, 6.45) is 0.960. The molecule has 1 N–H and O–H groups in total. The van der Waals surface area contributed by atoms with E-state index in [1.807, 2.05) is 6.92 Å². The van der Waals surface area contributed by atoms with Gasteiger partial charge >= 0.3 is 0 Å². The third-order valence-electron chi connectivity index (χ3n) is 3.13. The summed E-state index contributed by atoms with van der Waals surface area (Å²) < 4.78 is 31.1. The Kier molecular flexibility index (Phi) is 6.39. The van der Waals surface area contributed by atoms with Gasteiger partial charge in [-0.1, -0.05) is 13.8 Å². The van der Waals surface area contributed by atoms with Gasteiger partial charge in [0.15, 0.2) is 5.25 Å². The quantitative estimate of drug-likeness (QED) is 0.735. The third-order valence-corrected chi connectivity index (χ3v) is 5.38. The number of amides is 1. The van der Waals surface area contributed by atoms with E-state index in [-0.39, 0.29) is 32.1 Å².